The van der Waals surface area contributed by atoms with Crippen molar-refractivity contribution in [2.24, 2.45) is 0 Å². The number of rotatable bonds is 8. The molecule has 9 heteroatoms. The average Bonchev–Trinajstić information content (AvgIpc) is 3.10. The van der Waals surface area contributed by atoms with E-state index in [9.17, 15) is 19.5 Å². The predicted molar refractivity (Wildman–Crippen MR) is 132 cm³/mol. The van der Waals surface area contributed by atoms with E-state index in [0.717, 1.165) is 22.3 Å². The van der Waals surface area contributed by atoms with Gasteiger partial charge >= 0.3 is 18.2 Å². The van der Waals surface area contributed by atoms with Crippen LogP contribution in [0, 0.1) is 0 Å². The standard InChI is InChI=1S/C27H32N2O7/c1-27(2,3)36-26(33)28-16-12-17(13-16)34-15-23(24(30)31)29-25(32)35-14-22-20-10-6-4-8-18(20)19-9-5-7-11-21(19)22/h4-11,16-17,22-23H,12-15H2,1-3H3,(H,28,33)(H,29,32)(H,30,31)/t16?,17?,23-/m0/s1. The van der Waals surface area contributed by atoms with Crippen LogP contribution in [0.2, 0.25) is 0 Å². The first-order chi connectivity index (χ1) is 17.1. The molecule has 36 heavy (non-hydrogen) atoms. The van der Waals surface area contributed by atoms with Gasteiger partial charge in [-0.05, 0) is 55.9 Å². The monoisotopic (exact) mass is 496 g/mol. The third-order valence-electron chi connectivity index (χ3n) is 6.25. The minimum absolute atomic E-state index is 0.0910. The lowest BCUT2D eigenvalue weighted by Gasteiger charge is -2.36. The van der Waals surface area contributed by atoms with Crippen LogP contribution in [0.5, 0.6) is 0 Å². The van der Waals surface area contributed by atoms with Crippen molar-refractivity contribution in [2.45, 2.75) is 63.3 Å². The number of aliphatic carboxylic acids is 1. The SMILES string of the molecule is CC(C)(C)OC(=O)NC1CC(OC[C@H](NC(=O)OCC2c3ccccc3-c3ccccc32)C(=O)O)C1. The largest absolute Gasteiger partial charge is 0.480 e. The molecule has 2 amide bonds. The number of hydrogen-bond donors (Lipinski definition) is 3. The highest BCUT2D eigenvalue weighted by atomic mass is 16.6. The number of nitrogens with one attached hydrogen (secondary N) is 2. The number of hydrogen-bond acceptors (Lipinski definition) is 6. The first-order valence-corrected chi connectivity index (χ1v) is 12.1. The molecule has 1 saturated carbocycles. The molecule has 0 spiro atoms. The van der Waals surface area contributed by atoms with Gasteiger partial charge in [-0.3, -0.25) is 0 Å². The van der Waals surface area contributed by atoms with Crippen molar-refractivity contribution in [2.75, 3.05) is 13.2 Å². The second-order valence-corrected chi connectivity index (χ2v) is 10.1. The molecule has 2 aliphatic carbocycles. The molecule has 4 rings (SSSR count). The van der Waals surface area contributed by atoms with Gasteiger partial charge in [-0.1, -0.05) is 48.5 Å². The second-order valence-electron chi connectivity index (χ2n) is 10.1. The third-order valence-corrected chi connectivity index (χ3v) is 6.25. The summed E-state index contributed by atoms with van der Waals surface area (Å²) < 4.78 is 16.3. The molecule has 0 heterocycles. The molecule has 2 aromatic carbocycles. The Balaban J connectivity index is 1.23. The quantitative estimate of drug-likeness (QED) is 0.504. The Labute approximate surface area is 210 Å². The zero-order valence-corrected chi connectivity index (χ0v) is 20.7. The van der Waals surface area contributed by atoms with Gasteiger partial charge in [0.2, 0.25) is 0 Å². The Kier molecular flexibility index (Phi) is 7.49. The number of carboxylic acids is 1. The van der Waals surface area contributed by atoms with Gasteiger partial charge in [0.1, 0.15) is 12.2 Å². The maximum Gasteiger partial charge on any atom is 0.407 e. The highest BCUT2D eigenvalue weighted by Crippen LogP contribution is 2.44. The van der Waals surface area contributed by atoms with Gasteiger partial charge < -0.3 is 30.0 Å². The number of carbonyl (C=O) groups excluding carboxylic acids is 2. The van der Waals surface area contributed by atoms with Gasteiger partial charge in [-0.15, -0.1) is 0 Å². The number of amides is 2. The van der Waals surface area contributed by atoms with Crippen LogP contribution in [-0.4, -0.2) is 60.3 Å². The highest BCUT2D eigenvalue weighted by molar-refractivity contribution is 5.81. The minimum Gasteiger partial charge on any atom is -0.480 e. The summed E-state index contributed by atoms with van der Waals surface area (Å²) in [6, 6.07) is 14.6. The van der Waals surface area contributed by atoms with Crippen molar-refractivity contribution < 1.29 is 33.7 Å². The molecule has 0 unspecified atom stereocenters. The Morgan fingerprint density at radius 1 is 0.972 bits per heavy atom. The van der Waals surface area contributed by atoms with Crippen LogP contribution >= 0.6 is 0 Å². The van der Waals surface area contributed by atoms with Crippen molar-refractivity contribution >= 4 is 18.2 Å². The Bertz CT molecular complexity index is 1080. The van der Waals surface area contributed by atoms with Gasteiger partial charge in [-0.25, -0.2) is 14.4 Å². The molecule has 2 aromatic rings. The van der Waals surface area contributed by atoms with Gasteiger partial charge in [0.25, 0.3) is 0 Å². The first-order valence-electron chi connectivity index (χ1n) is 12.1. The average molecular weight is 497 g/mol. The summed E-state index contributed by atoms with van der Waals surface area (Å²) in [4.78, 5) is 35.9. The number of ether oxygens (including phenoxy) is 3. The second kappa shape index (κ2) is 10.6. The molecule has 1 fully saturated rings. The fraction of sp³-hybridized carbons (Fsp3) is 0.444. The first kappa shape index (κ1) is 25.5. The number of carboxylic acid groups (broad SMARTS) is 1. The molecule has 1 atom stereocenters. The molecule has 0 aliphatic heterocycles. The molecule has 0 aromatic heterocycles. The Hall–Kier alpha value is -3.59. The highest BCUT2D eigenvalue weighted by Gasteiger charge is 2.34. The zero-order chi connectivity index (χ0) is 25.9. The molecule has 192 valence electrons. The summed E-state index contributed by atoms with van der Waals surface area (Å²) in [5.41, 5.74) is 3.79. The molecule has 9 nitrogen and oxygen atoms in total. The topological polar surface area (TPSA) is 123 Å². The van der Waals surface area contributed by atoms with E-state index in [1.165, 1.54) is 0 Å². The van der Waals surface area contributed by atoms with Crippen molar-refractivity contribution in [1.29, 1.82) is 0 Å². The number of carbonyl (C=O) groups is 3. The summed E-state index contributed by atoms with van der Waals surface area (Å²) in [5.74, 6) is -1.33. The van der Waals surface area contributed by atoms with Crippen LogP contribution in [0.25, 0.3) is 11.1 Å². The van der Waals surface area contributed by atoms with E-state index in [1.54, 1.807) is 20.8 Å². The molecule has 2 aliphatic rings. The lowest BCUT2D eigenvalue weighted by molar-refractivity contribution is -0.142. The van der Waals surface area contributed by atoms with Gasteiger partial charge in [-0.2, -0.15) is 0 Å². The van der Waals surface area contributed by atoms with Crippen molar-refractivity contribution in [3.63, 3.8) is 0 Å². The lowest BCUT2D eigenvalue weighted by atomic mass is 9.89. The van der Waals surface area contributed by atoms with E-state index < -0.39 is 29.8 Å². The third kappa shape index (κ3) is 6.15. The smallest absolute Gasteiger partial charge is 0.407 e. The minimum atomic E-state index is -1.25. The van der Waals surface area contributed by atoms with E-state index in [-0.39, 0.29) is 31.3 Å². The van der Waals surface area contributed by atoms with Crippen LogP contribution in [0.15, 0.2) is 48.5 Å². The van der Waals surface area contributed by atoms with E-state index in [4.69, 9.17) is 14.2 Å². The lowest BCUT2D eigenvalue weighted by Crippen LogP contribution is -2.51. The fourth-order valence-corrected chi connectivity index (χ4v) is 4.48. The molecular formula is C27H32N2O7. The fourth-order valence-electron chi connectivity index (χ4n) is 4.48. The number of fused-ring (bicyclic) bond motifs is 3. The van der Waals surface area contributed by atoms with Gasteiger partial charge in [0, 0.05) is 12.0 Å². The normalized spacial score (nSPS) is 19.3. The van der Waals surface area contributed by atoms with Gasteiger partial charge in [0.05, 0.1) is 12.7 Å². The summed E-state index contributed by atoms with van der Waals surface area (Å²) in [5, 5.41) is 14.7. The molecule has 0 saturated heterocycles. The summed E-state index contributed by atoms with van der Waals surface area (Å²) in [6.07, 6.45) is -0.444. The molecule has 0 bridgehead atoms. The Morgan fingerprint density at radius 3 is 2.11 bits per heavy atom. The summed E-state index contributed by atoms with van der Waals surface area (Å²) in [7, 11) is 0. The molecule has 0 radical (unpaired) electrons. The number of alkyl carbamates (subject to hydrolysis) is 2. The van der Waals surface area contributed by atoms with Crippen LogP contribution in [0.1, 0.15) is 50.7 Å². The zero-order valence-electron chi connectivity index (χ0n) is 20.7. The van der Waals surface area contributed by atoms with E-state index in [0.29, 0.717) is 12.8 Å². The van der Waals surface area contributed by atoms with Crippen LogP contribution in [0.3, 0.4) is 0 Å². The van der Waals surface area contributed by atoms with E-state index in [2.05, 4.69) is 10.6 Å². The maximum absolute atomic E-state index is 12.4. The van der Waals surface area contributed by atoms with Crippen LogP contribution < -0.4 is 10.6 Å². The van der Waals surface area contributed by atoms with Crippen molar-refractivity contribution in [1.82, 2.24) is 10.6 Å². The van der Waals surface area contributed by atoms with Crippen LogP contribution in [0.4, 0.5) is 9.59 Å². The number of benzene rings is 2. The van der Waals surface area contributed by atoms with E-state index >= 15 is 0 Å². The molecule has 3 N–H and O–H groups in total. The predicted octanol–water partition coefficient (Wildman–Crippen LogP) is 4.05. The summed E-state index contributed by atoms with van der Waals surface area (Å²) in [6.45, 7) is 5.25. The Morgan fingerprint density at radius 2 is 1.56 bits per heavy atom. The van der Waals surface area contributed by atoms with E-state index in [1.807, 2.05) is 48.5 Å². The van der Waals surface area contributed by atoms with Crippen molar-refractivity contribution in [3.8, 4) is 11.1 Å². The van der Waals surface area contributed by atoms with Crippen molar-refractivity contribution in [3.05, 3.63) is 59.7 Å². The van der Waals surface area contributed by atoms with Crippen LogP contribution in [-0.2, 0) is 19.0 Å². The maximum atomic E-state index is 12.4. The summed E-state index contributed by atoms with van der Waals surface area (Å²) >= 11 is 0. The molecular weight excluding hydrogens is 464 g/mol. The van der Waals surface area contributed by atoms with Gasteiger partial charge in [0.15, 0.2) is 6.04 Å².